The number of benzene rings is 1. The van der Waals surface area contributed by atoms with Gasteiger partial charge in [0.05, 0.1) is 0 Å². The van der Waals surface area contributed by atoms with E-state index in [1.807, 2.05) is 6.07 Å². The highest BCUT2D eigenvalue weighted by atomic mass is 35.5. The van der Waals surface area contributed by atoms with E-state index >= 15 is 0 Å². The van der Waals surface area contributed by atoms with Crippen LogP contribution in [0.4, 0.5) is 0 Å². The van der Waals surface area contributed by atoms with Crippen LogP contribution in [0.1, 0.15) is 64.6 Å². The van der Waals surface area contributed by atoms with Crippen molar-refractivity contribution < 1.29 is 0 Å². The highest BCUT2D eigenvalue weighted by molar-refractivity contribution is 6.30. The fourth-order valence-electron chi connectivity index (χ4n) is 3.72. The van der Waals surface area contributed by atoms with E-state index < -0.39 is 0 Å². The summed E-state index contributed by atoms with van der Waals surface area (Å²) in [5.74, 6) is 0.744. The van der Waals surface area contributed by atoms with Crippen LogP contribution in [0.15, 0.2) is 18.2 Å². The van der Waals surface area contributed by atoms with Crippen molar-refractivity contribution in [1.82, 2.24) is 5.32 Å². The number of rotatable bonds is 5. The van der Waals surface area contributed by atoms with Crippen molar-refractivity contribution in [2.45, 2.75) is 66.0 Å². The van der Waals surface area contributed by atoms with Crippen LogP contribution in [0, 0.1) is 11.3 Å². The van der Waals surface area contributed by atoms with Gasteiger partial charge in [-0.15, -0.1) is 0 Å². The predicted octanol–water partition coefficient (Wildman–Crippen LogP) is 5.38. The standard InChI is InChI=1S/C18H28ClN/c1-6-13(7-2)12(3)20-17-16-10-15(19)9-8-14(16)11-18(17,4)5/h8-10,12-13,17,20H,6-7,11H2,1-5H3. The Kier molecular flexibility index (Phi) is 4.81. The average molecular weight is 294 g/mol. The van der Waals surface area contributed by atoms with Gasteiger partial charge in [-0.2, -0.15) is 0 Å². The van der Waals surface area contributed by atoms with Gasteiger partial charge in [-0.05, 0) is 47.9 Å². The Morgan fingerprint density at radius 2 is 1.95 bits per heavy atom. The third-order valence-corrected chi connectivity index (χ3v) is 5.27. The summed E-state index contributed by atoms with van der Waals surface area (Å²) in [6.07, 6.45) is 3.60. The third kappa shape index (κ3) is 3.04. The molecular weight excluding hydrogens is 266 g/mol. The van der Waals surface area contributed by atoms with Crippen molar-refractivity contribution in [2.75, 3.05) is 0 Å². The minimum Gasteiger partial charge on any atom is -0.307 e. The maximum atomic E-state index is 6.21. The zero-order valence-corrected chi connectivity index (χ0v) is 14.2. The molecule has 0 amide bonds. The molecule has 1 aliphatic rings. The van der Waals surface area contributed by atoms with Crippen LogP contribution in [-0.2, 0) is 6.42 Å². The molecule has 0 heterocycles. The topological polar surface area (TPSA) is 12.0 Å². The Labute approximate surface area is 129 Å². The van der Waals surface area contributed by atoms with Crippen LogP contribution in [0.5, 0.6) is 0 Å². The van der Waals surface area contributed by atoms with Gasteiger partial charge < -0.3 is 5.32 Å². The van der Waals surface area contributed by atoms with E-state index in [1.54, 1.807) is 0 Å². The number of fused-ring (bicyclic) bond motifs is 1. The molecule has 112 valence electrons. The Hall–Kier alpha value is -0.530. The predicted molar refractivity (Wildman–Crippen MR) is 88.3 cm³/mol. The van der Waals surface area contributed by atoms with Crippen molar-refractivity contribution in [3.8, 4) is 0 Å². The van der Waals surface area contributed by atoms with E-state index in [9.17, 15) is 0 Å². The molecule has 1 aliphatic carbocycles. The van der Waals surface area contributed by atoms with Crippen molar-refractivity contribution in [2.24, 2.45) is 11.3 Å². The van der Waals surface area contributed by atoms with Crippen molar-refractivity contribution in [3.63, 3.8) is 0 Å². The maximum absolute atomic E-state index is 6.21. The van der Waals surface area contributed by atoms with Crippen LogP contribution in [0.2, 0.25) is 5.02 Å². The van der Waals surface area contributed by atoms with Crippen LogP contribution in [-0.4, -0.2) is 6.04 Å². The number of nitrogens with one attached hydrogen (secondary N) is 1. The molecule has 0 bridgehead atoms. The minimum atomic E-state index is 0.257. The fraction of sp³-hybridized carbons (Fsp3) is 0.667. The molecule has 1 aromatic carbocycles. The molecule has 20 heavy (non-hydrogen) atoms. The average Bonchev–Trinajstić information content (AvgIpc) is 2.62. The summed E-state index contributed by atoms with van der Waals surface area (Å²) in [5, 5.41) is 4.75. The molecule has 2 heteroatoms. The Bertz CT molecular complexity index is 462. The highest BCUT2D eigenvalue weighted by Gasteiger charge is 2.39. The van der Waals surface area contributed by atoms with E-state index in [-0.39, 0.29) is 5.41 Å². The molecule has 1 N–H and O–H groups in total. The summed E-state index contributed by atoms with van der Waals surface area (Å²) in [5.41, 5.74) is 3.11. The summed E-state index contributed by atoms with van der Waals surface area (Å²) in [4.78, 5) is 0. The second-order valence-corrected chi connectivity index (χ2v) is 7.41. The van der Waals surface area contributed by atoms with Gasteiger partial charge in [-0.3, -0.25) is 0 Å². The van der Waals surface area contributed by atoms with Gasteiger partial charge in [0.1, 0.15) is 0 Å². The SMILES string of the molecule is CCC(CC)C(C)NC1c2cc(Cl)ccc2CC1(C)C. The fourth-order valence-corrected chi connectivity index (χ4v) is 3.90. The molecule has 0 fully saturated rings. The lowest BCUT2D eigenvalue weighted by Crippen LogP contribution is -2.40. The smallest absolute Gasteiger partial charge is 0.0409 e. The molecule has 0 spiro atoms. The van der Waals surface area contributed by atoms with Gasteiger partial charge in [0, 0.05) is 17.1 Å². The van der Waals surface area contributed by atoms with Crippen LogP contribution < -0.4 is 5.32 Å². The summed E-state index contributed by atoms with van der Waals surface area (Å²) >= 11 is 6.21. The van der Waals surface area contributed by atoms with Crippen molar-refractivity contribution in [3.05, 3.63) is 34.3 Å². The van der Waals surface area contributed by atoms with Crippen molar-refractivity contribution in [1.29, 1.82) is 0 Å². The summed E-state index contributed by atoms with van der Waals surface area (Å²) in [7, 11) is 0. The lowest BCUT2D eigenvalue weighted by atomic mass is 9.84. The van der Waals surface area contributed by atoms with E-state index in [2.05, 4.69) is 52.1 Å². The molecule has 2 rings (SSSR count). The Morgan fingerprint density at radius 1 is 1.30 bits per heavy atom. The molecule has 1 nitrogen and oxygen atoms in total. The Morgan fingerprint density at radius 3 is 2.55 bits per heavy atom. The van der Waals surface area contributed by atoms with E-state index in [1.165, 1.54) is 24.0 Å². The second-order valence-electron chi connectivity index (χ2n) is 6.97. The first-order valence-corrected chi connectivity index (χ1v) is 8.31. The molecule has 1 aromatic rings. The van der Waals surface area contributed by atoms with Gasteiger partial charge in [0.2, 0.25) is 0 Å². The van der Waals surface area contributed by atoms with Gasteiger partial charge in [0.15, 0.2) is 0 Å². The van der Waals surface area contributed by atoms with E-state index in [0.29, 0.717) is 12.1 Å². The number of hydrogen-bond donors (Lipinski definition) is 1. The second kappa shape index (κ2) is 6.07. The largest absolute Gasteiger partial charge is 0.307 e. The molecule has 0 aliphatic heterocycles. The normalized spacial score (nSPS) is 22.1. The number of halogens is 1. The van der Waals surface area contributed by atoms with Crippen LogP contribution in [0.25, 0.3) is 0 Å². The molecule has 0 radical (unpaired) electrons. The summed E-state index contributed by atoms with van der Waals surface area (Å²) in [6, 6.07) is 7.32. The molecule has 0 saturated heterocycles. The van der Waals surface area contributed by atoms with Gasteiger partial charge >= 0.3 is 0 Å². The monoisotopic (exact) mass is 293 g/mol. The lowest BCUT2D eigenvalue weighted by molar-refractivity contribution is 0.221. The molecule has 0 aromatic heterocycles. The number of hydrogen-bond acceptors (Lipinski definition) is 1. The first-order valence-electron chi connectivity index (χ1n) is 7.93. The first kappa shape index (κ1) is 15.9. The van der Waals surface area contributed by atoms with Crippen molar-refractivity contribution >= 4 is 11.6 Å². The van der Waals surface area contributed by atoms with Gasteiger partial charge in [-0.25, -0.2) is 0 Å². The van der Waals surface area contributed by atoms with Crippen LogP contribution in [0.3, 0.4) is 0 Å². The first-order chi connectivity index (χ1) is 9.39. The Balaban J connectivity index is 2.24. The quantitative estimate of drug-likeness (QED) is 0.769. The van der Waals surface area contributed by atoms with E-state index in [0.717, 1.165) is 17.4 Å². The van der Waals surface area contributed by atoms with E-state index in [4.69, 9.17) is 11.6 Å². The molecule has 0 saturated carbocycles. The minimum absolute atomic E-state index is 0.257. The maximum Gasteiger partial charge on any atom is 0.0409 e. The van der Waals surface area contributed by atoms with Gasteiger partial charge in [0.25, 0.3) is 0 Å². The molecular formula is C18H28ClN. The zero-order chi connectivity index (χ0) is 14.9. The zero-order valence-electron chi connectivity index (χ0n) is 13.5. The molecule has 2 unspecified atom stereocenters. The summed E-state index contributed by atoms with van der Waals surface area (Å²) in [6.45, 7) is 11.6. The van der Waals surface area contributed by atoms with Gasteiger partial charge in [-0.1, -0.05) is 58.2 Å². The third-order valence-electron chi connectivity index (χ3n) is 5.03. The molecule has 2 atom stereocenters. The van der Waals surface area contributed by atoms with Crippen LogP contribution >= 0.6 is 11.6 Å². The highest BCUT2D eigenvalue weighted by Crippen LogP contribution is 2.46. The summed E-state index contributed by atoms with van der Waals surface area (Å²) < 4.78 is 0. The lowest BCUT2D eigenvalue weighted by Gasteiger charge is -2.34.